The van der Waals surface area contributed by atoms with Gasteiger partial charge < -0.3 is 43.1 Å². The maximum absolute atomic E-state index is 7.27. The van der Waals surface area contributed by atoms with Crippen molar-refractivity contribution in [3.8, 4) is 34.5 Å². The van der Waals surface area contributed by atoms with Crippen LogP contribution in [0.5, 0.6) is 34.5 Å². The lowest BCUT2D eigenvalue weighted by molar-refractivity contribution is 0.258. The molecule has 0 radical (unpaired) electrons. The highest BCUT2D eigenvalue weighted by Crippen LogP contribution is 2.46. The Bertz CT molecular complexity index is 2960. The van der Waals surface area contributed by atoms with Crippen LogP contribution in [0, 0.1) is 0 Å². The zero-order chi connectivity index (χ0) is 66.8. The van der Waals surface area contributed by atoms with E-state index in [2.05, 4.69) is 254 Å². The van der Waals surface area contributed by atoms with E-state index in [9.17, 15) is 0 Å². The molecule has 9 heteroatoms. The van der Waals surface area contributed by atoms with Crippen LogP contribution in [0.3, 0.4) is 0 Å². The van der Waals surface area contributed by atoms with Gasteiger partial charge in [0.15, 0.2) is 0 Å². The Balaban J connectivity index is 1.71. The van der Waals surface area contributed by atoms with Gasteiger partial charge in [0.25, 0.3) is 0 Å². The molecule has 9 nitrogen and oxygen atoms in total. The second kappa shape index (κ2) is 28.1. The first kappa shape index (κ1) is 71.4. The van der Waals surface area contributed by atoms with E-state index in [1.54, 1.807) is 0 Å². The van der Waals surface area contributed by atoms with Gasteiger partial charge in [0, 0.05) is 58.2 Å². The molecule has 0 spiro atoms. The van der Waals surface area contributed by atoms with Gasteiger partial charge in [-0.1, -0.05) is 197 Å². The van der Waals surface area contributed by atoms with E-state index in [-0.39, 0.29) is 32.5 Å². The van der Waals surface area contributed by atoms with Crippen LogP contribution in [0.25, 0.3) is 0 Å². The third-order valence-corrected chi connectivity index (χ3v) is 17.9. The van der Waals surface area contributed by atoms with Crippen LogP contribution in [-0.2, 0) is 71.0 Å². The van der Waals surface area contributed by atoms with Gasteiger partial charge >= 0.3 is 0 Å². The van der Waals surface area contributed by atoms with Gasteiger partial charge in [0.2, 0.25) is 0 Å². The monoisotopic (exact) mass is 1230 g/mol. The molecule has 0 aromatic heterocycles. The Morgan fingerprint density at radius 3 is 0.489 bits per heavy atom. The molecule has 7 rings (SSSR count). The second-order valence-corrected chi connectivity index (χ2v) is 32.9. The number of methoxy groups -OCH3 is 3. The molecule has 0 aliphatic heterocycles. The van der Waals surface area contributed by atoms with Crippen LogP contribution < -0.4 is 28.4 Å². The minimum absolute atomic E-state index is 0.183. The summed E-state index contributed by atoms with van der Waals surface area (Å²) >= 11 is 0. The topological polar surface area (TPSA) is 65.1 Å². The Morgan fingerprint density at radius 2 is 0.378 bits per heavy atom. The summed E-state index contributed by atoms with van der Waals surface area (Å²) < 4.78 is 42.2. The quantitative estimate of drug-likeness (QED) is 0.0999. The van der Waals surface area contributed by atoms with Crippen molar-refractivity contribution in [2.45, 2.75) is 196 Å². The zero-order valence-electron chi connectivity index (χ0n) is 61.2. The molecule has 0 unspecified atom stereocenters. The lowest BCUT2D eigenvalue weighted by Crippen LogP contribution is -2.21. The van der Waals surface area contributed by atoms with E-state index in [1.807, 2.05) is 21.3 Å². The summed E-state index contributed by atoms with van der Waals surface area (Å²) in [6.07, 6.45) is 3.54. The third-order valence-electron chi connectivity index (χ3n) is 17.9. The van der Waals surface area contributed by atoms with Crippen molar-refractivity contribution in [1.29, 1.82) is 0 Å². The van der Waals surface area contributed by atoms with Gasteiger partial charge in [0.05, 0.1) is 21.3 Å². The smallest absolute Gasteiger partial charge is 0.126 e. The molecule has 0 heterocycles. The van der Waals surface area contributed by atoms with E-state index >= 15 is 0 Å². The van der Waals surface area contributed by atoms with Crippen LogP contribution in [0.2, 0.25) is 0 Å². The highest BCUT2D eigenvalue weighted by molar-refractivity contribution is 5.61. The maximum atomic E-state index is 7.27. The van der Waals surface area contributed by atoms with Gasteiger partial charge in [-0.2, -0.15) is 0 Å². The van der Waals surface area contributed by atoms with Crippen LogP contribution in [0.15, 0.2) is 72.8 Å². The molecular formula is C81H117N3O6. The number of nitrogens with zero attached hydrogens (tertiary/aromatic N) is 3. The molecule has 1 aliphatic rings. The number of hydrogen-bond acceptors (Lipinski definition) is 9. The first-order valence-electron chi connectivity index (χ1n) is 33.1. The van der Waals surface area contributed by atoms with E-state index in [1.165, 1.54) is 33.4 Å². The SMILES string of the molecule is COc1c2cc(C(C)(C)C)cc1Cc1cc(C(C)(C)C)cc(c1OCCN(C)C)Cc1cc(C(C)(C)C)cc(c1OC)Cc1cc(C(C)(C)C)cc(c1OCCN(C)C)Cc1cc(C(C)(C)C)cc(c1OC)Cc1cc(C(C)(C)C)cc(c1OCCN(C)C)C2. The number of rotatable bonds is 15. The molecule has 0 atom stereocenters. The van der Waals surface area contributed by atoms with Gasteiger partial charge in [0.1, 0.15) is 54.3 Å². The van der Waals surface area contributed by atoms with Gasteiger partial charge in [-0.25, -0.2) is 0 Å². The summed E-state index contributed by atoms with van der Waals surface area (Å²) in [6.45, 7) is 45.7. The Kier molecular flexibility index (Phi) is 22.3. The molecule has 0 saturated heterocycles. The molecule has 492 valence electrons. The summed E-state index contributed by atoms with van der Waals surface area (Å²) in [5, 5.41) is 0. The average molecular weight is 1230 g/mol. The fourth-order valence-electron chi connectivity index (χ4n) is 12.3. The van der Waals surface area contributed by atoms with Crippen molar-refractivity contribution in [3.05, 3.63) is 173 Å². The summed E-state index contributed by atoms with van der Waals surface area (Å²) in [6, 6.07) is 28.9. The summed E-state index contributed by atoms with van der Waals surface area (Å²) in [5.74, 6) is 5.41. The largest absolute Gasteiger partial charge is 0.496 e. The molecule has 6 aromatic rings. The minimum Gasteiger partial charge on any atom is -0.496 e. The zero-order valence-corrected chi connectivity index (χ0v) is 61.2. The van der Waals surface area contributed by atoms with Crippen molar-refractivity contribution in [1.82, 2.24) is 14.7 Å². The molecular weight excluding hydrogens is 1110 g/mol. The van der Waals surface area contributed by atoms with Crippen LogP contribution in [0.4, 0.5) is 0 Å². The second-order valence-electron chi connectivity index (χ2n) is 32.9. The lowest BCUT2D eigenvalue weighted by atomic mass is 9.79. The van der Waals surface area contributed by atoms with Crippen molar-refractivity contribution in [2.75, 3.05) is 103 Å². The fourth-order valence-corrected chi connectivity index (χ4v) is 12.3. The number of likely N-dealkylation sites (N-methyl/N-ethyl adjacent to an activating group) is 3. The molecule has 6 aromatic carbocycles. The van der Waals surface area contributed by atoms with Crippen molar-refractivity contribution >= 4 is 0 Å². The summed E-state index contributed by atoms with van der Waals surface area (Å²) in [5.41, 5.74) is 19.9. The van der Waals surface area contributed by atoms with E-state index in [0.717, 1.165) is 121 Å². The Labute approximate surface area is 546 Å². The Hall–Kier alpha value is -6.00. The molecule has 90 heavy (non-hydrogen) atoms. The van der Waals surface area contributed by atoms with Crippen molar-refractivity contribution in [2.24, 2.45) is 0 Å². The molecule has 0 fully saturated rings. The number of fused-ring (bicyclic) bond motifs is 12. The molecule has 1 aliphatic carbocycles. The van der Waals surface area contributed by atoms with Crippen molar-refractivity contribution in [3.63, 3.8) is 0 Å². The first-order chi connectivity index (χ1) is 41.7. The molecule has 0 N–H and O–H groups in total. The molecule has 0 saturated carbocycles. The van der Waals surface area contributed by atoms with Gasteiger partial charge in [-0.15, -0.1) is 0 Å². The summed E-state index contributed by atoms with van der Waals surface area (Å²) in [7, 11) is 18.2. The van der Waals surface area contributed by atoms with Crippen LogP contribution >= 0.6 is 0 Å². The predicted molar refractivity (Wildman–Crippen MR) is 379 cm³/mol. The normalized spacial score (nSPS) is 13.8. The van der Waals surface area contributed by atoms with Gasteiger partial charge in [-0.3, -0.25) is 0 Å². The van der Waals surface area contributed by atoms with E-state index in [4.69, 9.17) is 28.4 Å². The summed E-state index contributed by atoms with van der Waals surface area (Å²) in [4.78, 5) is 6.59. The maximum Gasteiger partial charge on any atom is 0.126 e. The van der Waals surface area contributed by atoms with E-state index < -0.39 is 0 Å². The molecule has 0 amide bonds. The highest BCUT2D eigenvalue weighted by atomic mass is 16.5. The van der Waals surface area contributed by atoms with Crippen molar-refractivity contribution < 1.29 is 28.4 Å². The standard InChI is InChI=1S/C81H117N3O6/c1-76(2,3)64-40-52-34-58-46-67(79(10,11)12)48-60(73(58)88-31-28-82(19)20)36-54-42-65(77(4,5)6)44-56(71(54)86-26)38-62-50-69(81(16,17)18)51-63(75(62)90-33-30-84(23)24)39-57-45-66(78(7,8)9)43-55(72(57)87-27)37-61-49-68(80(13,14)15)47-59(35-53(41-64)70(52)85-25)74(61)89-32-29-83(21)22/h40-51H,28-39H2,1-27H3. The molecule has 12 bridgehead atoms. The number of ether oxygens (including phenoxy) is 6. The minimum atomic E-state index is -0.185. The van der Waals surface area contributed by atoms with Crippen LogP contribution in [-0.4, -0.2) is 118 Å². The van der Waals surface area contributed by atoms with Gasteiger partial charge in [-0.05, 0) is 175 Å². The third kappa shape index (κ3) is 17.8. The predicted octanol–water partition coefficient (Wildman–Crippen LogP) is 17.2. The Morgan fingerprint density at radius 1 is 0.244 bits per heavy atom. The highest BCUT2D eigenvalue weighted by Gasteiger charge is 2.31. The van der Waals surface area contributed by atoms with E-state index in [0.29, 0.717) is 58.3 Å². The fraction of sp³-hybridized carbons (Fsp3) is 0.556. The first-order valence-corrected chi connectivity index (χ1v) is 33.1. The number of hydrogen-bond donors (Lipinski definition) is 0. The lowest BCUT2D eigenvalue weighted by Gasteiger charge is -2.29. The number of benzene rings is 6. The van der Waals surface area contributed by atoms with Crippen LogP contribution in [0.1, 0.15) is 225 Å². The average Bonchev–Trinajstić information content (AvgIpc) is 0.784.